The average molecular weight is 711 g/mol. The van der Waals surface area contributed by atoms with Crippen LogP contribution in [0.25, 0.3) is 0 Å². The van der Waals surface area contributed by atoms with Crippen LogP contribution in [0.5, 0.6) is 5.75 Å². The summed E-state index contributed by atoms with van der Waals surface area (Å²) in [7, 11) is 3.17. The van der Waals surface area contributed by atoms with E-state index in [1.807, 2.05) is 43.6 Å². The summed E-state index contributed by atoms with van der Waals surface area (Å²) in [6.45, 7) is 17.7. The van der Waals surface area contributed by atoms with Crippen LogP contribution in [-0.2, 0) is 20.4 Å². The Kier molecular flexibility index (Phi) is 16.1. The van der Waals surface area contributed by atoms with Crippen LogP contribution in [0.15, 0.2) is 59.7 Å². The highest BCUT2D eigenvalue weighted by molar-refractivity contribution is 8.18. The van der Waals surface area contributed by atoms with Crippen LogP contribution in [0.1, 0.15) is 59.9 Å². The molecule has 0 radical (unpaired) electrons. The molecule has 10 heteroatoms. The van der Waals surface area contributed by atoms with Gasteiger partial charge in [0.2, 0.25) is 0 Å². The Morgan fingerprint density at radius 3 is 2.37 bits per heavy atom. The molecule has 0 bridgehead atoms. The summed E-state index contributed by atoms with van der Waals surface area (Å²) in [5, 5.41) is 12.9. The molecule has 1 aliphatic rings. The second-order valence-corrected chi connectivity index (χ2v) is 21.8. The molecule has 2 rings (SSSR count). The van der Waals surface area contributed by atoms with Gasteiger partial charge in [0, 0.05) is 20.2 Å². The molecule has 1 aliphatic heterocycles. The third kappa shape index (κ3) is 11.8. The number of rotatable bonds is 16. The second kappa shape index (κ2) is 18.2. The van der Waals surface area contributed by atoms with Gasteiger partial charge in [0.1, 0.15) is 10.8 Å². The van der Waals surface area contributed by atoms with Crippen molar-refractivity contribution in [3.63, 3.8) is 0 Å². The first-order chi connectivity index (χ1) is 21.5. The summed E-state index contributed by atoms with van der Waals surface area (Å²) in [6, 6.07) is 4.05. The molecule has 1 heterocycles. The minimum Gasteiger partial charge on any atom is -0.495 e. The maximum absolute atomic E-state index is 11.1. The SMILES string of the molecule is CNc1cc(C/C(C)=C/C=C/C(OC)C2(C[C@H](O[Si](C)(C)C(C)(C)C)[C@@H](C)/C=C(C)/C=C/C(=O)O)SCCCS2)cc(OC)c1Cl. The van der Waals surface area contributed by atoms with Gasteiger partial charge in [-0.2, -0.15) is 0 Å². The predicted octanol–water partition coefficient (Wildman–Crippen LogP) is 10.0. The van der Waals surface area contributed by atoms with Gasteiger partial charge in [0.05, 0.1) is 29.1 Å². The zero-order valence-corrected chi connectivity index (χ0v) is 33.0. The number of hydrogen-bond acceptors (Lipinski definition) is 7. The number of carboxylic acid groups (broad SMARTS) is 1. The molecule has 1 fully saturated rings. The number of ether oxygens (including phenoxy) is 2. The van der Waals surface area contributed by atoms with Gasteiger partial charge >= 0.3 is 5.97 Å². The molecule has 1 aromatic rings. The summed E-state index contributed by atoms with van der Waals surface area (Å²) in [4.78, 5) is 11.1. The van der Waals surface area contributed by atoms with Crippen molar-refractivity contribution in [3.05, 3.63) is 70.3 Å². The molecule has 258 valence electrons. The van der Waals surface area contributed by atoms with Gasteiger partial charge in [-0.25, -0.2) is 4.79 Å². The Bertz CT molecular complexity index is 1260. The molecule has 0 aliphatic carbocycles. The fourth-order valence-corrected chi connectivity index (χ4v) is 10.3. The third-order valence-electron chi connectivity index (χ3n) is 8.75. The molecule has 1 unspecified atom stereocenters. The van der Waals surface area contributed by atoms with Gasteiger partial charge in [0.15, 0.2) is 8.32 Å². The number of nitrogens with one attached hydrogen (secondary N) is 1. The molecule has 0 saturated carbocycles. The summed E-state index contributed by atoms with van der Waals surface area (Å²) >= 11 is 10.4. The quantitative estimate of drug-likeness (QED) is 0.0998. The van der Waals surface area contributed by atoms with Gasteiger partial charge in [-0.1, -0.05) is 80.8 Å². The first kappa shape index (κ1) is 40.6. The number of hydrogen-bond donors (Lipinski definition) is 2. The maximum Gasteiger partial charge on any atom is 0.328 e. The Balaban J connectivity index is 2.42. The van der Waals surface area contributed by atoms with E-state index in [0.717, 1.165) is 47.6 Å². The van der Waals surface area contributed by atoms with Crippen LogP contribution in [0.3, 0.4) is 0 Å². The lowest BCUT2D eigenvalue weighted by molar-refractivity contribution is -0.131. The van der Waals surface area contributed by atoms with E-state index in [9.17, 15) is 4.79 Å². The molecule has 0 aromatic heterocycles. The topological polar surface area (TPSA) is 77.0 Å². The van der Waals surface area contributed by atoms with E-state index in [2.05, 4.69) is 83.4 Å². The fraction of sp³-hybridized carbons (Fsp3) is 0.583. The Hall–Kier alpha value is -1.62. The standard InChI is InChI=1S/C36H56ClNO5S2Si/c1-25(21-28-22-29(38-7)34(37)30(23-28)41-8)14-12-15-32(42-9)36(44-18-13-19-45-36)24-31(43-46(10,11)35(4,5)6)27(3)20-26(2)16-17-33(39)40/h12,14-17,20,22-23,27,31-32,38H,13,18-19,21,24H2,1-11H3,(H,39,40)/b15-12+,17-16+,25-14+,26-20+/t27-,31-,32?/m0/s1. The van der Waals surface area contributed by atoms with Gasteiger partial charge in [0.25, 0.3) is 0 Å². The smallest absolute Gasteiger partial charge is 0.328 e. The van der Waals surface area contributed by atoms with E-state index in [4.69, 9.17) is 30.6 Å². The van der Waals surface area contributed by atoms with Crippen LogP contribution in [0, 0.1) is 5.92 Å². The summed E-state index contributed by atoms with van der Waals surface area (Å²) in [5.41, 5.74) is 4.09. The number of methoxy groups -OCH3 is 2. The van der Waals surface area contributed by atoms with E-state index in [-0.39, 0.29) is 27.2 Å². The fourth-order valence-electron chi connectivity index (χ4n) is 5.13. The second-order valence-electron chi connectivity index (χ2n) is 13.6. The summed E-state index contributed by atoms with van der Waals surface area (Å²) in [5.74, 6) is 1.93. The lowest BCUT2D eigenvalue weighted by Gasteiger charge is -2.46. The van der Waals surface area contributed by atoms with E-state index in [1.54, 1.807) is 20.3 Å². The highest BCUT2D eigenvalue weighted by Crippen LogP contribution is 2.51. The van der Waals surface area contributed by atoms with Crippen molar-refractivity contribution in [2.24, 2.45) is 5.92 Å². The predicted molar refractivity (Wildman–Crippen MR) is 204 cm³/mol. The van der Waals surface area contributed by atoms with E-state index >= 15 is 0 Å². The molecule has 6 nitrogen and oxygen atoms in total. The Morgan fingerprint density at radius 2 is 1.83 bits per heavy atom. The molecular weight excluding hydrogens is 654 g/mol. The molecule has 1 aromatic carbocycles. The van der Waals surface area contributed by atoms with Crippen molar-refractivity contribution in [1.29, 1.82) is 0 Å². The normalized spacial score (nSPS) is 18.5. The summed E-state index contributed by atoms with van der Waals surface area (Å²) in [6.07, 6.45) is 14.0. The summed E-state index contributed by atoms with van der Waals surface area (Å²) < 4.78 is 18.7. The number of aliphatic carboxylic acids is 1. The highest BCUT2D eigenvalue weighted by Gasteiger charge is 2.46. The minimum absolute atomic E-state index is 0.0535. The van der Waals surface area contributed by atoms with Crippen LogP contribution >= 0.6 is 35.1 Å². The van der Waals surface area contributed by atoms with Gasteiger partial charge in [-0.05, 0) is 86.4 Å². The molecular formula is C36H56ClNO5S2Si. The zero-order chi connectivity index (χ0) is 34.7. The van der Waals surface area contributed by atoms with Gasteiger partial charge in [-0.15, -0.1) is 23.5 Å². The number of carbonyl (C=O) groups is 1. The van der Waals surface area contributed by atoms with E-state index in [0.29, 0.717) is 10.8 Å². The maximum atomic E-state index is 11.1. The minimum atomic E-state index is -2.13. The van der Waals surface area contributed by atoms with Gasteiger partial charge in [-0.3, -0.25) is 0 Å². The van der Waals surface area contributed by atoms with Crippen molar-refractivity contribution in [1.82, 2.24) is 0 Å². The molecule has 46 heavy (non-hydrogen) atoms. The number of anilines is 1. The molecule has 3 atom stereocenters. The lowest BCUT2D eigenvalue weighted by atomic mass is 9.95. The van der Waals surface area contributed by atoms with Crippen molar-refractivity contribution in [2.75, 3.05) is 38.1 Å². The molecule has 2 N–H and O–H groups in total. The first-order valence-electron chi connectivity index (χ1n) is 15.9. The number of benzene rings is 1. The largest absolute Gasteiger partial charge is 0.495 e. The van der Waals surface area contributed by atoms with Crippen LogP contribution in [0.2, 0.25) is 23.2 Å². The third-order valence-corrected chi connectivity index (χ3v) is 17.1. The van der Waals surface area contributed by atoms with Crippen LogP contribution < -0.4 is 10.1 Å². The zero-order valence-electron chi connectivity index (χ0n) is 29.7. The molecule has 1 saturated heterocycles. The first-order valence-corrected chi connectivity index (χ1v) is 21.2. The van der Waals surface area contributed by atoms with Gasteiger partial charge < -0.3 is 24.3 Å². The van der Waals surface area contributed by atoms with Crippen molar-refractivity contribution < 1.29 is 23.8 Å². The number of carboxylic acids is 1. The van der Waals surface area contributed by atoms with Crippen LogP contribution in [-0.4, -0.2) is 68.5 Å². The molecule has 0 spiro atoms. The number of thioether (sulfide) groups is 2. The van der Waals surface area contributed by atoms with Crippen molar-refractivity contribution in [3.8, 4) is 5.75 Å². The average Bonchev–Trinajstić information content (AvgIpc) is 2.98. The molecule has 0 amide bonds. The number of halogens is 1. The van der Waals surface area contributed by atoms with Crippen molar-refractivity contribution >= 4 is 55.1 Å². The monoisotopic (exact) mass is 709 g/mol. The Morgan fingerprint density at radius 1 is 1.17 bits per heavy atom. The highest BCUT2D eigenvalue weighted by atomic mass is 35.5. The van der Waals surface area contributed by atoms with Crippen LogP contribution in [0.4, 0.5) is 5.69 Å². The van der Waals surface area contributed by atoms with E-state index < -0.39 is 14.3 Å². The lowest BCUT2D eigenvalue weighted by Crippen LogP contribution is -2.49. The van der Waals surface area contributed by atoms with E-state index in [1.165, 1.54) is 11.6 Å². The number of allylic oxidation sites excluding steroid dienone is 5. The Labute approximate surface area is 293 Å². The van der Waals surface area contributed by atoms with Crippen molar-refractivity contribution in [2.45, 2.75) is 95.2 Å².